The number of hydrogen-bond donors (Lipinski definition) is 2. The van der Waals surface area contributed by atoms with E-state index in [1.54, 1.807) is 0 Å². The lowest BCUT2D eigenvalue weighted by atomic mass is 9.49. The highest BCUT2D eigenvalue weighted by molar-refractivity contribution is 5.94. The van der Waals surface area contributed by atoms with Crippen molar-refractivity contribution >= 4 is 24.2 Å². The van der Waals surface area contributed by atoms with Gasteiger partial charge in [0.15, 0.2) is 0 Å². The smallest absolute Gasteiger partial charge is 0.254 e. The van der Waals surface area contributed by atoms with Crippen LogP contribution in [-0.2, 0) is 11.3 Å². The summed E-state index contributed by atoms with van der Waals surface area (Å²) < 4.78 is 0. The molecule has 6 heteroatoms. The van der Waals surface area contributed by atoms with E-state index >= 15 is 0 Å². The first-order valence-corrected chi connectivity index (χ1v) is 11.4. The number of carbonyl (C=O) groups is 2. The van der Waals surface area contributed by atoms with Crippen molar-refractivity contribution in [1.29, 1.82) is 0 Å². The molecular formula is C24H34ClN3O2. The number of piperazine rings is 1. The van der Waals surface area contributed by atoms with E-state index in [-0.39, 0.29) is 35.7 Å². The highest BCUT2D eigenvalue weighted by Crippen LogP contribution is 2.60. The highest BCUT2D eigenvalue weighted by atomic mass is 35.5. The third kappa shape index (κ3) is 3.99. The lowest BCUT2D eigenvalue weighted by Gasteiger charge is -2.55. The van der Waals surface area contributed by atoms with Gasteiger partial charge < -0.3 is 15.5 Å². The second-order valence-electron chi connectivity index (χ2n) is 10.1. The molecule has 0 unspecified atom stereocenters. The molecule has 164 valence electrons. The quantitative estimate of drug-likeness (QED) is 0.768. The van der Waals surface area contributed by atoms with Crippen LogP contribution in [0.2, 0.25) is 0 Å². The summed E-state index contributed by atoms with van der Waals surface area (Å²) in [5.74, 6) is 2.72. The van der Waals surface area contributed by atoms with Gasteiger partial charge in [-0.25, -0.2) is 0 Å². The summed E-state index contributed by atoms with van der Waals surface area (Å²) in [5, 5.41) is 6.55. The normalized spacial score (nSPS) is 34.4. The Bertz CT molecular complexity index is 759. The first kappa shape index (κ1) is 21.6. The average molecular weight is 432 g/mol. The van der Waals surface area contributed by atoms with Crippen molar-refractivity contribution in [3.63, 3.8) is 0 Å². The maximum atomic E-state index is 13.1. The van der Waals surface area contributed by atoms with E-state index in [1.807, 2.05) is 29.2 Å². The minimum absolute atomic E-state index is 0. The summed E-state index contributed by atoms with van der Waals surface area (Å²) in [6, 6.07) is 8.00. The average Bonchev–Trinajstić information content (AvgIpc) is 2.71. The van der Waals surface area contributed by atoms with Gasteiger partial charge in [-0.1, -0.05) is 12.1 Å². The molecule has 4 saturated carbocycles. The standard InChI is InChI=1S/C24H33N3O2.ClH/c1-16-14-25-6-7-27(16)22(28)21-4-2-17(3-5-21)15-26-23(29)24-11-18-8-19(12-24)10-20(9-18)13-24;/h2-5,16,18-20,25H,6-15H2,1H3,(H,26,29);1H/t16-,18?,19?,20?,24?;/m1./s1. The van der Waals surface area contributed by atoms with Gasteiger partial charge >= 0.3 is 0 Å². The Morgan fingerprint density at radius 3 is 2.23 bits per heavy atom. The van der Waals surface area contributed by atoms with Crippen molar-refractivity contribution in [2.75, 3.05) is 19.6 Å². The van der Waals surface area contributed by atoms with Gasteiger partial charge in [-0.2, -0.15) is 0 Å². The second-order valence-corrected chi connectivity index (χ2v) is 10.1. The van der Waals surface area contributed by atoms with Crippen LogP contribution in [0.15, 0.2) is 24.3 Å². The maximum Gasteiger partial charge on any atom is 0.254 e. The lowest BCUT2D eigenvalue weighted by Crippen LogP contribution is -2.53. The SMILES string of the molecule is C[C@@H]1CNCCN1C(=O)c1ccc(CNC(=O)C23CC4CC(CC(C4)C2)C3)cc1.Cl. The minimum Gasteiger partial charge on any atom is -0.352 e. The van der Waals surface area contributed by atoms with Gasteiger partial charge in [0.05, 0.1) is 0 Å². The van der Waals surface area contributed by atoms with Crippen LogP contribution < -0.4 is 10.6 Å². The molecular weight excluding hydrogens is 398 g/mol. The van der Waals surface area contributed by atoms with E-state index in [1.165, 1.54) is 19.3 Å². The van der Waals surface area contributed by atoms with Crippen molar-refractivity contribution in [1.82, 2.24) is 15.5 Å². The van der Waals surface area contributed by atoms with E-state index in [0.29, 0.717) is 6.54 Å². The highest BCUT2D eigenvalue weighted by Gasteiger charge is 2.54. The van der Waals surface area contributed by atoms with Crippen LogP contribution in [0, 0.1) is 23.2 Å². The molecule has 1 saturated heterocycles. The molecule has 5 nitrogen and oxygen atoms in total. The predicted molar refractivity (Wildman–Crippen MR) is 120 cm³/mol. The number of benzene rings is 1. The molecule has 4 aliphatic carbocycles. The fourth-order valence-corrected chi connectivity index (χ4v) is 6.83. The van der Waals surface area contributed by atoms with Crippen LogP contribution in [-0.4, -0.2) is 42.4 Å². The summed E-state index contributed by atoms with van der Waals surface area (Å²) in [7, 11) is 0. The third-order valence-corrected chi connectivity index (χ3v) is 7.94. The molecule has 4 bridgehead atoms. The summed E-state index contributed by atoms with van der Waals surface area (Å²) in [6.45, 7) is 5.09. The fourth-order valence-electron chi connectivity index (χ4n) is 6.83. The van der Waals surface area contributed by atoms with Gasteiger partial charge in [0, 0.05) is 43.2 Å². The number of halogens is 1. The van der Waals surface area contributed by atoms with Gasteiger partial charge in [0.1, 0.15) is 0 Å². The molecule has 0 radical (unpaired) electrons. The number of hydrogen-bond acceptors (Lipinski definition) is 3. The van der Waals surface area contributed by atoms with Gasteiger partial charge in [-0.15, -0.1) is 12.4 Å². The molecule has 1 aliphatic heterocycles. The van der Waals surface area contributed by atoms with E-state index in [4.69, 9.17) is 0 Å². The number of rotatable bonds is 4. The van der Waals surface area contributed by atoms with Crippen LogP contribution in [0.3, 0.4) is 0 Å². The Hall–Kier alpha value is -1.59. The van der Waals surface area contributed by atoms with E-state index in [2.05, 4.69) is 17.6 Å². The number of carbonyl (C=O) groups excluding carboxylic acids is 2. The molecule has 1 aromatic rings. The zero-order valence-corrected chi connectivity index (χ0v) is 18.7. The molecule has 1 aromatic carbocycles. The van der Waals surface area contributed by atoms with Gasteiger partial charge in [0.25, 0.3) is 5.91 Å². The lowest BCUT2D eigenvalue weighted by molar-refractivity contribution is -0.146. The predicted octanol–water partition coefficient (Wildman–Crippen LogP) is 3.37. The molecule has 6 rings (SSSR count). The first-order chi connectivity index (χ1) is 14.0. The Labute approximate surface area is 185 Å². The maximum absolute atomic E-state index is 13.1. The Balaban J connectivity index is 0.00000218. The van der Waals surface area contributed by atoms with Crippen LogP contribution in [0.25, 0.3) is 0 Å². The number of amides is 2. The topological polar surface area (TPSA) is 61.4 Å². The molecule has 1 heterocycles. The van der Waals surface area contributed by atoms with E-state index in [9.17, 15) is 9.59 Å². The van der Waals surface area contributed by atoms with Crippen molar-refractivity contribution in [3.05, 3.63) is 35.4 Å². The van der Waals surface area contributed by atoms with Crippen LogP contribution in [0.5, 0.6) is 0 Å². The summed E-state index contributed by atoms with van der Waals surface area (Å²) in [4.78, 5) is 27.8. The monoisotopic (exact) mass is 431 g/mol. The molecule has 0 spiro atoms. The van der Waals surface area contributed by atoms with Crippen molar-refractivity contribution < 1.29 is 9.59 Å². The summed E-state index contributed by atoms with van der Waals surface area (Å²) in [6.07, 6.45) is 7.36. The second kappa shape index (κ2) is 8.51. The number of nitrogens with zero attached hydrogens (tertiary/aromatic N) is 1. The van der Waals surface area contributed by atoms with Crippen molar-refractivity contribution in [2.24, 2.45) is 23.2 Å². The van der Waals surface area contributed by atoms with Gasteiger partial charge in [-0.05, 0) is 80.9 Å². The van der Waals surface area contributed by atoms with Crippen molar-refractivity contribution in [3.8, 4) is 0 Å². The summed E-state index contributed by atoms with van der Waals surface area (Å²) >= 11 is 0. The van der Waals surface area contributed by atoms with Crippen LogP contribution in [0.4, 0.5) is 0 Å². The zero-order valence-electron chi connectivity index (χ0n) is 17.9. The molecule has 2 amide bonds. The molecule has 2 N–H and O–H groups in total. The molecule has 30 heavy (non-hydrogen) atoms. The van der Waals surface area contributed by atoms with E-state index in [0.717, 1.165) is 67.8 Å². The molecule has 5 fully saturated rings. The first-order valence-electron chi connectivity index (χ1n) is 11.4. The van der Waals surface area contributed by atoms with Crippen molar-refractivity contribution in [2.45, 2.75) is 58.0 Å². The fraction of sp³-hybridized carbons (Fsp3) is 0.667. The Morgan fingerprint density at radius 2 is 1.67 bits per heavy atom. The molecule has 0 aromatic heterocycles. The van der Waals surface area contributed by atoms with Crippen LogP contribution in [0.1, 0.15) is 61.4 Å². The number of nitrogens with one attached hydrogen (secondary N) is 2. The largest absolute Gasteiger partial charge is 0.352 e. The molecule has 1 atom stereocenters. The Morgan fingerprint density at radius 1 is 1.07 bits per heavy atom. The zero-order chi connectivity index (χ0) is 20.0. The minimum atomic E-state index is -0.0942. The molecule has 5 aliphatic rings. The third-order valence-electron chi connectivity index (χ3n) is 7.94. The Kier molecular flexibility index (Phi) is 6.13. The van der Waals surface area contributed by atoms with E-state index < -0.39 is 0 Å². The van der Waals surface area contributed by atoms with Gasteiger partial charge in [0.2, 0.25) is 5.91 Å². The van der Waals surface area contributed by atoms with Crippen LogP contribution >= 0.6 is 12.4 Å². The summed E-state index contributed by atoms with van der Waals surface area (Å²) in [5.41, 5.74) is 1.70. The van der Waals surface area contributed by atoms with Gasteiger partial charge in [-0.3, -0.25) is 9.59 Å².